The van der Waals surface area contributed by atoms with Gasteiger partial charge in [0.15, 0.2) is 11.5 Å². The van der Waals surface area contributed by atoms with E-state index >= 15 is 0 Å². The highest BCUT2D eigenvalue weighted by molar-refractivity contribution is 5.86. The van der Waals surface area contributed by atoms with Crippen molar-refractivity contribution in [3.8, 4) is 11.5 Å². The Balaban J connectivity index is 1.93. The number of nitrogen functional groups attached to an aromatic ring is 1. The second-order valence-electron chi connectivity index (χ2n) is 7.16. The molecule has 6 nitrogen and oxygen atoms in total. The van der Waals surface area contributed by atoms with Crippen LogP contribution in [0.4, 0.5) is 5.69 Å². The van der Waals surface area contributed by atoms with Crippen LogP contribution in [0.15, 0.2) is 41.2 Å². The molecule has 0 saturated carbocycles. The van der Waals surface area contributed by atoms with Crippen molar-refractivity contribution in [3.05, 3.63) is 58.1 Å². The zero-order chi connectivity index (χ0) is 20.8. The van der Waals surface area contributed by atoms with Crippen LogP contribution in [0.25, 0.3) is 10.9 Å². The Morgan fingerprint density at radius 1 is 1.10 bits per heavy atom. The van der Waals surface area contributed by atoms with Gasteiger partial charge < -0.3 is 15.2 Å². The summed E-state index contributed by atoms with van der Waals surface area (Å²) < 4.78 is 13.2. The average molecular weight is 396 g/mol. The van der Waals surface area contributed by atoms with E-state index in [9.17, 15) is 4.79 Å². The predicted octanol–water partition coefficient (Wildman–Crippen LogP) is 4.11. The van der Waals surface area contributed by atoms with Crippen LogP contribution in [0.2, 0.25) is 0 Å². The molecule has 0 amide bonds. The number of aromatic nitrogens is 2. The van der Waals surface area contributed by atoms with E-state index in [1.807, 2.05) is 31.2 Å². The largest absolute Gasteiger partial charge is 0.493 e. The van der Waals surface area contributed by atoms with Crippen LogP contribution < -0.4 is 20.8 Å². The van der Waals surface area contributed by atoms with Crippen molar-refractivity contribution in [3.63, 3.8) is 0 Å². The SMILES string of the molecule is CCCCCOc1c(OC)ccc2c(=O)n(CCc3ccc(N)cc3)c(C)nc12. The molecule has 0 saturated heterocycles. The van der Waals surface area contributed by atoms with Crippen molar-refractivity contribution in [1.29, 1.82) is 0 Å². The molecule has 3 aromatic rings. The quantitative estimate of drug-likeness (QED) is 0.436. The minimum atomic E-state index is -0.0657. The lowest BCUT2D eigenvalue weighted by molar-refractivity contribution is 0.289. The van der Waals surface area contributed by atoms with E-state index in [1.54, 1.807) is 23.8 Å². The normalized spacial score (nSPS) is 11.0. The van der Waals surface area contributed by atoms with E-state index in [-0.39, 0.29) is 5.56 Å². The third-order valence-electron chi connectivity index (χ3n) is 5.05. The molecule has 0 aliphatic carbocycles. The third-order valence-corrected chi connectivity index (χ3v) is 5.05. The van der Waals surface area contributed by atoms with Gasteiger partial charge in [0.05, 0.1) is 19.1 Å². The number of anilines is 1. The first-order valence-corrected chi connectivity index (χ1v) is 10.1. The van der Waals surface area contributed by atoms with Crippen LogP contribution in [0.5, 0.6) is 11.5 Å². The van der Waals surface area contributed by atoms with E-state index in [1.165, 1.54) is 0 Å². The van der Waals surface area contributed by atoms with Crippen LogP contribution in [0, 0.1) is 6.92 Å². The highest BCUT2D eigenvalue weighted by Crippen LogP contribution is 2.33. The molecule has 0 radical (unpaired) electrons. The second-order valence-corrected chi connectivity index (χ2v) is 7.16. The van der Waals surface area contributed by atoms with Gasteiger partial charge in [-0.05, 0) is 49.6 Å². The molecule has 2 aromatic carbocycles. The fourth-order valence-electron chi connectivity index (χ4n) is 3.37. The molecule has 1 heterocycles. The van der Waals surface area contributed by atoms with Crippen LogP contribution in [0.3, 0.4) is 0 Å². The summed E-state index contributed by atoms with van der Waals surface area (Å²) in [5.74, 6) is 1.80. The van der Waals surface area contributed by atoms with Crippen LogP contribution in [0.1, 0.15) is 37.6 Å². The molecule has 0 aliphatic rings. The van der Waals surface area contributed by atoms with E-state index in [2.05, 4.69) is 6.92 Å². The van der Waals surface area contributed by atoms with Gasteiger partial charge in [0, 0.05) is 12.2 Å². The van der Waals surface area contributed by atoms with Gasteiger partial charge in [0.25, 0.3) is 5.56 Å². The van der Waals surface area contributed by atoms with Crippen molar-refractivity contribution in [1.82, 2.24) is 9.55 Å². The molecule has 3 rings (SSSR count). The number of aryl methyl sites for hydroxylation is 2. The van der Waals surface area contributed by atoms with Crippen LogP contribution in [-0.2, 0) is 13.0 Å². The first-order chi connectivity index (χ1) is 14.0. The Kier molecular flexibility index (Phi) is 6.75. The first-order valence-electron chi connectivity index (χ1n) is 10.1. The van der Waals surface area contributed by atoms with Gasteiger partial charge in [0.1, 0.15) is 11.3 Å². The van der Waals surface area contributed by atoms with Gasteiger partial charge in [-0.3, -0.25) is 9.36 Å². The Bertz CT molecular complexity index is 1030. The first kappa shape index (κ1) is 20.7. The predicted molar refractivity (Wildman–Crippen MR) is 117 cm³/mol. The molecule has 29 heavy (non-hydrogen) atoms. The number of hydrogen-bond acceptors (Lipinski definition) is 5. The van der Waals surface area contributed by atoms with Gasteiger partial charge in [-0.1, -0.05) is 31.9 Å². The van der Waals surface area contributed by atoms with Gasteiger partial charge >= 0.3 is 0 Å². The minimum absolute atomic E-state index is 0.0657. The molecular formula is C23H29N3O3. The van der Waals surface area contributed by atoms with Gasteiger partial charge in [-0.2, -0.15) is 0 Å². The molecule has 1 aromatic heterocycles. The average Bonchev–Trinajstić information content (AvgIpc) is 2.72. The number of unbranched alkanes of at least 4 members (excludes halogenated alkanes) is 2. The lowest BCUT2D eigenvalue weighted by atomic mass is 10.1. The molecule has 0 fully saturated rings. The summed E-state index contributed by atoms with van der Waals surface area (Å²) in [7, 11) is 1.60. The van der Waals surface area contributed by atoms with Crippen molar-refractivity contribution >= 4 is 16.6 Å². The number of hydrogen-bond donors (Lipinski definition) is 1. The zero-order valence-electron chi connectivity index (χ0n) is 17.4. The summed E-state index contributed by atoms with van der Waals surface area (Å²) in [6.45, 7) is 5.13. The number of benzene rings is 2. The Hall–Kier alpha value is -3.02. The van der Waals surface area contributed by atoms with E-state index in [0.717, 1.165) is 36.9 Å². The lowest BCUT2D eigenvalue weighted by Gasteiger charge is -2.15. The maximum Gasteiger partial charge on any atom is 0.261 e. The minimum Gasteiger partial charge on any atom is -0.493 e. The number of nitrogens with two attached hydrogens (primary N) is 1. The monoisotopic (exact) mass is 395 g/mol. The maximum absolute atomic E-state index is 13.2. The molecule has 0 atom stereocenters. The van der Waals surface area contributed by atoms with Crippen molar-refractivity contribution in [2.75, 3.05) is 19.5 Å². The van der Waals surface area contributed by atoms with Crippen molar-refractivity contribution < 1.29 is 9.47 Å². The van der Waals surface area contributed by atoms with Crippen LogP contribution >= 0.6 is 0 Å². The molecule has 0 bridgehead atoms. The molecule has 0 spiro atoms. The standard InChI is InChI=1S/C23H29N3O3/c1-4-5-6-15-29-22-20(28-3)12-11-19-21(22)25-16(2)26(23(19)27)14-13-17-7-9-18(24)10-8-17/h7-12H,4-6,13-15,24H2,1-3H3. The summed E-state index contributed by atoms with van der Waals surface area (Å²) in [5.41, 5.74) is 8.10. The third kappa shape index (κ3) is 4.70. The van der Waals surface area contributed by atoms with Crippen LogP contribution in [-0.4, -0.2) is 23.3 Å². The van der Waals surface area contributed by atoms with E-state index in [0.29, 0.717) is 41.4 Å². The Labute approximate surface area is 171 Å². The Morgan fingerprint density at radius 2 is 1.86 bits per heavy atom. The molecule has 154 valence electrons. The second kappa shape index (κ2) is 9.45. The summed E-state index contributed by atoms with van der Waals surface area (Å²) >= 11 is 0. The number of methoxy groups -OCH3 is 1. The van der Waals surface area contributed by atoms with Gasteiger partial charge in [-0.25, -0.2) is 4.98 Å². The maximum atomic E-state index is 13.2. The van der Waals surface area contributed by atoms with Crippen molar-refractivity contribution in [2.24, 2.45) is 0 Å². The number of rotatable bonds is 9. The molecule has 0 aliphatic heterocycles. The number of fused-ring (bicyclic) bond motifs is 1. The fraction of sp³-hybridized carbons (Fsp3) is 0.391. The summed E-state index contributed by atoms with van der Waals surface area (Å²) in [4.78, 5) is 17.9. The Morgan fingerprint density at radius 3 is 2.55 bits per heavy atom. The summed E-state index contributed by atoms with van der Waals surface area (Å²) in [6.07, 6.45) is 3.89. The topological polar surface area (TPSA) is 79.4 Å². The highest BCUT2D eigenvalue weighted by atomic mass is 16.5. The highest BCUT2D eigenvalue weighted by Gasteiger charge is 2.16. The van der Waals surface area contributed by atoms with Gasteiger partial charge in [0.2, 0.25) is 0 Å². The van der Waals surface area contributed by atoms with Gasteiger partial charge in [-0.15, -0.1) is 0 Å². The van der Waals surface area contributed by atoms with E-state index < -0.39 is 0 Å². The number of ether oxygens (including phenoxy) is 2. The molecule has 2 N–H and O–H groups in total. The van der Waals surface area contributed by atoms with Crippen molar-refractivity contribution in [2.45, 2.75) is 46.1 Å². The smallest absolute Gasteiger partial charge is 0.261 e. The lowest BCUT2D eigenvalue weighted by Crippen LogP contribution is -2.25. The molecule has 0 unspecified atom stereocenters. The molecule has 6 heteroatoms. The zero-order valence-corrected chi connectivity index (χ0v) is 17.4. The molecular weight excluding hydrogens is 366 g/mol. The van der Waals surface area contributed by atoms with E-state index in [4.69, 9.17) is 20.2 Å². The number of nitrogens with zero attached hydrogens (tertiary/aromatic N) is 2. The fourth-order valence-corrected chi connectivity index (χ4v) is 3.37. The summed E-state index contributed by atoms with van der Waals surface area (Å²) in [6, 6.07) is 11.3. The summed E-state index contributed by atoms with van der Waals surface area (Å²) in [5, 5.41) is 0.541.